The lowest BCUT2D eigenvalue weighted by atomic mass is 9.77. The molecule has 0 unspecified atom stereocenters. The van der Waals surface area contributed by atoms with Crippen LogP contribution in [0.4, 0.5) is 0 Å². The van der Waals surface area contributed by atoms with Crippen molar-refractivity contribution >= 4 is 10.9 Å². The maximum atomic E-state index is 4.82. The number of pyridine rings is 2. The molecule has 2 aromatic heterocycles. The normalized spacial score (nSPS) is 11.8. The monoisotopic (exact) mass is 304 g/mol. The van der Waals surface area contributed by atoms with Gasteiger partial charge < -0.3 is 0 Å². The second-order valence-corrected chi connectivity index (χ2v) is 6.62. The Kier molecular flexibility index (Phi) is 4.16. The molecule has 0 atom stereocenters. The molecule has 1 aromatic carbocycles. The summed E-state index contributed by atoms with van der Waals surface area (Å²) < 4.78 is 0. The van der Waals surface area contributed by atoms with E-state index in [4.69, 9.17) is 4.98 Å². The van der Waals surface area contributed by atoms with Gasteiger partial charge in [0.15, 0.2) is 0 Å². The molecular weight excluding hydrogens is 280 g/mol. The Balaban J connectivity index is 2.13. The highest BCUT2D eigenvalue weighted by Gasteiger charge is 2.23. The van der Waals surface area contributed by atoms with E-state index in [1.54, 1.807) is 6.20 Å². The number of aryl methyl sites for hydroxylation is 1. The van der Waals surface area contributed by atoms with Gasteiger partial charge in [-0.3, -0.25) is 4.98 Å². The summed E-state index contributed by atoms with van der Waals surface area (Å²) in [6.07, 6.45) is 5.94. The molecule has 0 saturated carbocycles. The smallest absolute Gasteiger partial charge is 0.0740 e. The van der Waals surface area contributed by atoms with E-state index in [9.17, 15) is 0 Å². The molecule has 0 amide bonds. The second-order valence-electron chi connectivity index (χ2n) is 6.62. The Bertz CT molecular complexity index is 832. The van der Waals surface area contributed by atoms with Crippen molar-refractivity contribution in [3.8, 4) is 11.3 Å². The van der Waals surface area contributed by atoms with E-state index >= 15 is 0 Å². The maximum Gasteiger partial charge on any atom is 0.0740 e. The van der Waals surface area contributed by atoms with Crippen molar-refractivity contribution in [2.45, 2.75) is 46.0 Å². The van der Waals surface area contributed by atoms with Gasteiger partial charge in [-0.2, -0.15) is 0 Å². The van der Waals surface area contributed by atoms with Crippen LogP contribution in [0, 0.1) is 6.92 Å². The summed E-state index contributed by atoms with van der Waals surface area (Å²) >= 11 is 0. The van der Waals surface area contributed by atoms with Gasteiger partial charge >= 0.3 is 0 Å². The Morgan fingerprint density at radius 2 is 1.78 bits per heavy atom. The van der Waals surface area contributed by atoms with Crippen molar-refractivity contribution in [2.75, 3.05) is 0 Å². The number of nitrogens with zero attached hydrogens (tertiary/aromatic N) is 2. The van der Waals surface area contributed by atoms with E-state index in [0.717, 1.165) is 29.4 Å². The molecular formula is C21H24N2. The molecule has 2 heteroatoms. The first-order chi connectivity index (χ1) is 11.1. The van der Waals surface area contributed by atoms with Crippen LogP contribution in [-0.4, -0.2) is 9.97 Å². The van der Waals surface area contributed by atoms with Gasteiger partial charge in [-0.25, -0.2) is 4.98 Å². The van der Waals surface area contributed by atoms with Gasteiger partial charge in [0.05, 0.1) is 11.2 Å². The predicted molar refractivity (Wildman–Crippen MR) is 97.6 cm³/mol. The maximum absolute atomic E-state index is 4.82. The van der Waals surface area contributed by atoms with Crippen LogP contribution in [0.25, 0.3) is 22.2 Å². The zero-order chi connectivity index (χ0) is 16.4. The summed E-state index contributed by atoms with van der Waals surface area (Å²) in [5, 5.41) is 1.08. The number of fused-ring (bicyclic) bond motifs is 1. The predicted octanol–water partition coefficient (Wildman–Crippen LogP) is 5.68. The van der Waals surface area contributed by atoms with Crippen molar-refractivity contribution in [1.29, 1.82) is 0 Å². The van der Waals surface area contributed by atoms with E-state index in [1.807, 2.05) is 12.3 Å². The van der Waals surface area contributed by atoms with Gasteiger partial charge in [0.2, 0.25) is 0 Å². The van der Waals surface area contributed by atoms with E-state index in [-0.39, 0.29) is 5.41 Å². The Labute approximate surface area is 138 Å². The topological polar surface area (TPSA) is 25.8 Å². The molecule has 0 N–H and O–H groups in total. The molecule has 0 spiro atoms. The highest BCUT2D eigenvalue weighted by Crippen LogP contribution is 2.34. The van der Waals surface area contributed by atoms with Crippen LogP contribution >= 0.6 is 0 Å². The molecule has 118 valence electrons. The van der Waals surface area contributed by atoms with E-state index in [1.165, 1.54) is 16.7 Å². The first-order valence-electron chi connectivity index (χ1n) is 8.39. The first-order valence-corrected chi connectivity index (χ1v) is 8.39. The molecule has 2 heterocycles. The number of hydrogen-bond donors (Lipinski definition) is 0. The van der Waals surface area contributed by atoms with Gasteiger partial charge in [0.25, 0.3) is 0 Å². The quantitative estimate of drug-likeness (QED) is 0.619. The highest BCUT2D eigenvalue weighted by molar-refractivity contribution is 5.80. The molecule has 3 aromatic rings. The standard InChI is InChI=1S/C21H24N2/c1-5-21(4,6-2)18-12-15(3)11-17(13-18)19-8-7-16-14-22-10-9-20(16)23-19/h7-14H,5-6H2,1-4H3. The second kappa shape index (κ2) is 6.11. The third-order valence-corrected chi connectivity index (χ3v) is 5.12. The molecule has 0 aliphatic rings. The molecule has 0 fully saturated rings. The fraction of sp³-hybridized carbons (Fsp3) is 0.333. The fourth-order valence-corrected chi connectivity index (χ4v) is 3.06. The molecule has 0 aliphatic carbocycles. The lowest BCUT2D eigenvalue weighted by Gasteiger charge is -2.28. The molecule has 0 saturated heterocycles. The molecule has 0 bridgehead atoms. The van der Waals surface area contributed by atoms with Crippen LogP contribution in [0.5, 0.6) is 0 Å². The minimum absolute atomic E-state index is 0.224. The van der Waals surface area contributed by atoms with Crippen molar-refractivity contribution in [2.24, 2.45) is 0 Å². The summed E-state index contributed by atoms with van der Waals surface area (Å²) in [5.74, 6) is 0. The van der Waals surface area contributed by atoms with Crippen LogP contribution in [0.1, 0.15) is 44.7 Å². The SMILES string of the molecule is CCC(C)(CC)c1cc(C)cc(-c2ccc3cnccc3n2)c1. The van der Waals surface area contributed by atoms with Gasteiger partial charge in [-0.05, 0) is 61.1 Å². The zero-order valence-corrected chi connectivity index (χ0v) is 14.4. The average molecular weight is 304 g/mol. The molecule has 0 aliphatic heterocycles. The molecule has 0 radical (unpaired) electrons. The van der Waals surface area contributed by atoms with Crippen LogP contribution in [0.2, 0.25) is 0 Å². The highest BCUT2D eigenvalue weighted by atomic mass is 14.7. The van der Waals surface area contributed by atoms with Crippen LogP contribution < -0.4 is 0 Å². The molecule has 2 nitrogen and oxygen atoms in total. The van der Waals surface area contributed by atoms with Crippen LogP contribution in [0.3, 0.4) is 0 Å². The third-order valence-electron chi connectivity index (χ3n) is 5.12. The molecule has 3 rings (SSSR count). The number of aromatic nitrogens is 2. The van der Waals surface area contributed by atoms with Gasteiger partial charge in [0.1, 0.15) is 0 Å². The van der Waals surface area contributed by atoms with Crippen LogP contribution in [0.15, 0.2) is 48.8 Å². The Morgan fingerprint density at radius 3 is 2.52 bits per heavy atom. The van der Waals surface area contributed by atoms with Gasteiger partial charge in [-0.1, -0.05) is 32.4 Å². The number of rotatable bonds is 4. The first kappa shape index (κ1) is 15.7. The minimum Gasteiger partial charge on any atom is -0.264 e. The van der Waals surface area contributed by atoms with E-state index in [0.29, 0.717) is 0 Å². The lowest BCUT2D eigenvalue weighted by Crippen LogP contribution is -2.19. The van der Waals surface area contributed by atoms with Crippen molar-refractivity contribution in [3.05, 3.63) is 59.9 Å². The van der Waals surface area contributed by atoms with Crippen molar-refractivity contribution in [3.63, 3.8) is 0 Å². The largest absolute Gasteiger partial charge is 0.264 e. The molecule has 23 heavy (non-hydrogen) atoms. The Hall–Kier alpha value is -2.22. The number of hydrogen-bond acceptors (Lipinski definition) is 2. The van der Waals surface area contributed by atoms with Gasteiger partial charge in [0, 0.05) is 23.3 Å². The third kappa shape index (κ3) is 2.98. The average Bonchev–Trinajstić information content (AvgIpc) is 2.60. The van der Waals surface area contributed by atoms with Crippen molar-refractivity contribution < 1.29 is 0 Å². The fourth-order valence-electron chi connectivity index (χ4n) is 3.06. The van der Waals surface area contributed by atoms with Crippen LogP contribution in [-0.2, 0) is 5.41 Å². The van der Waals surface area contributed by atoms with Gasteiger partial charge in [-0.15, -0.1) is 0 Å². The summed E-state index contributed by atoms with van der Waals surface area (Å²) in [6, 6.07) is 13.0. The van der Waals surface area contributed by atoms with E-state index < -0.39 is 0 Å². The Morgan fingerprint density at radius 1 is 1.00 bits per heavy atom. The van der Waals surface area contributed by atoms with Crippen molar-refractivity contribution in [1.82, 2.24) is 9.97 Å². The summed E-state index contributed by atoms with van der Waals surface area (Å²) in [7, 11) is 0. The summed E-state index contributed by atoms with van der Waals surface area (Å²) in [5.41, 5.74) is 6.15. The summed E-state index contributed by atoms with van der Waals surface area (Å²) in [6.45, 7) is 9.06. The minimum atomic E-state index is 0.224. The number of benzene rings is 1. The summed E-state index contributed by atoms with van der Waals surface area (Å²) in [4.78, 5) is 8.98. The van der Waals surface area contributed by atoms with E-state index in [2.05, 4.69) is 63.0 Å². The zero-order valence-electron chi connectivity index (χ0n) is 14.4. The lowest BCUT2D eigenvalue weighted by molar-refractivity contribution is 0.439.